The first-order valence-electron chi connectivity index (χ1n) is 11.3. The second kappa shape index (κ2) is 14.7. The van der Waals surface area contributed by atoms with Crippen LogP contribution >= 0.6 is 7.60 Å². The summed E-state index contributed by atoms with van der Waals surface area (Å²) in [6, 6.07) is 0. The van der Waals surface area contributed by atoms with Gasteiger partial charge in [-0.3, -0.25) is 4.57 Å². The Kier molecular flexibility index (Phi) is 14.6. The molecule has 0 heterocycles. The molecule has 0 aromatic heterocycles. The number of hydrogen-bond acceptors (Lipinski definition) is 2. The first-order valence-corrected chi connectivity index (χ1v) is 12.9. The zero-order valence-electron chi connectivity index (χ0n) is 18.9. The van der Waals surface area contributed by atoms with Gasteiger partial charge in [0.25, 0.3) is 0 Å². The van der Waals surface area contributed by atoms with E-state index < -0.39 is 12.9 Å². The highest BCUT2D eigenvalue weighted by molar-refractivity contribution is 7.53. The lowest BCUT2D eigenvalue weighted by molar-refractivity contribution is -0.875. The minimum absolute atomic E-state index is 0.0617. The molecule has 0 rings (SSSR count). The highest BCUT2D eigenvalue weighted by Crippen LogP contribution is 2.52. The van der Waals surface area contributed by atoms with Crippen molar-refractivity contribution in [3.63, 3.8) is 0 Å². The smallest absolute Gasteiger partial charge is 0.362 e. The third-order valence-electron chi connectivity index (χ3n) is 5.12. The average molecular weight is 421 g/mol. The van der Waals surface area contributed by atoms with Crippen molar-refractivity contribution in [2.45, 2.75) is 102 Å². The van der Waals surface area contributed by atoms with Crippen LogP contribution in [0.1, 0.15) is 96.8 Å². The number of hydrogen-bond donors (Lipinski definition) is 3. The molecule has 0 fully saturated rings. The van der Waals surface area contributed by atoms with Gasteiger partial charge in [-0.1, -0.05) is 76.9 Å². The molecule has 1 atom stereocenters. The van der Waals surface area contributed by atoms with Crippen molar-refractivity contribution in [2.75, 3.05) is 27.7 Å². The number of nitrogens with zero attached hydrogens (tertiary/aromatic N) is 1. The van der Waals surface area contributed by atoms with Crippen LogP contribution in [0.25, 0.3) is 0 Å². The van der Waals surface area contributed by atoms with Gasteiger partial charge in [-0.05, 0) is 32.1 Å². The molecule has 0 saturated heterocycles. The molecule has 6 heteroatoms. The van der Waals surface area contributed by atoms with Gasteiger partial charge >= 0.3 is 7.60 Å². The molecule has 168 valence electrons. The maximum Gasteiger partial charge on any atom is 0.362 e. The van der Waals surface area contributed by atoms with Crippen LogP contribution in [-0.2, 0) is 4.57 Å². The number of quaternary nitrogens is 1. The van der Waals surface area contributed by atoms with E-state index in [2.05, 4.69) is 19.1 Å². The number of likely N-dealkylation sites (N-methyl/N-ethyl adjacent to an activating group) is 1. The summed E-state index contributed by atoms with van der Waals surface area (Å²) in [6.07, 6.45) is 20.0. The average Bonchev–Trinajstić information content (AvgIpc) is 2.56. The molecule has 1 unspecified atom stereocenters. The zero-order chi connectivity index (χ0) is 21.5. The minimum Gasteiger partial charge on any atom is -0.373 e. The maximum absolute atomic E-state index is 11.7. The molecule has 0 aliphatic carbocycles. The molecule has 0 radical (unpaired) electrons. The zero-order valence-corrected chi connectivity index (χ0v) is 19.8. The van der Waals surface area contributed by atoms with Gasteiger partial charge in [-0.25, -0.2) is 0 Å². The summed E-state index contributed by atoms with van der Waals surface area (Å²) < 4.78 is 12.1. The molecule has 0 bridgehead atoms. The molecule has 3 N–H and O–H groups in total. The predicted molar refractivity (Wildman–Crippen MR) is 119 cm³/mol. The standard InChI is InChI=1S/C22H46NO4P/c1-5-6-7-8-9-10-11-12-13-14-15-16-17-18-19-20-22(24,28(25,26)27)21-23(2,3)4/h6-7,24H,5,8-21H2,1-4H3,(H-,25,26,27)/p+1/b7-6-. The molecule has 0 aliphatic heterocycles. The first kappa shape index (κ1) is 27.8. The highest BCUT2D eigenvalue weighted by Gasteiger charge is 2.48. The lowest BCUT2D eigenvalue weighted by atomic mass is 10.0. The van der Waals surface area contributed by atoms with E-state index in [0.717, 1.165) is 19.3 Å². The van der Waals surface area contributed by atoms with Crippen LogP contribution in [0.2, 0.25) is 0 Å². The molecule has 0 aromatic carbocycles. The van der Waals surface area contributed by atoms with Crippen LogP contribution in [0.15, 0.2) is 12.2 Å². The van der Waals surface area contributed by atoms with Crippen molar-refractivity contribution in [3.05, 3.63) is 12.2 Å². The Balaban J connectivity index is 3.69. The van der Waals surface area contributed by atoms with Crippen molar-refractivity contribution < 1.29 is 23.9 Å². The van der Waals surface area contributed by atoms with Crippen molar-refractivity contribution in [3.8, 4) is 0 Å². The largest absolute Gasteiger partial charge is 0.373 e. The summed E-state index contributed by atoms with van der Waals surface area (Å²) >= 11 is 0. The van der Waals surface area contributed by atoms with Gasteiger partial charge in [0.05, 0.1) is 21.1 Å². The van der Waals surface area contributed by atoms with Crippen molar-refractivity contribution in [2.24, 2.45) is 0 Å². The topological polar surface area (TPSA) is 77.8 Å². The van der Waals surface area contributed by atoms with Crippen LogP contribution in [-0.4, -0.2) is 52.4 Å². The van der Waals surface area contributed by atoms with Crippen molar-refractivity contribution in [1.29, 1.82) is 0 Å². The van der Waals surface area contributed by atoms with Crippen LogP contribution in [0.5, 0.6) is 0 Å². The van der Waals surface area contributed by atoms with Crippen molar-refractivity contribution in [1.82, 2.24) is 0 Å². The van der Waals surface area contributed by atoms with E-state index in [1.165, 1.54) is 57.8 Å². The third kappa shape index (κ3) is 14.8. The van der Waals surface area contributed by atoms with Crippen LogP contribution in [0.4, 0.5) is 0 Å². The normalized spacial score (nSPS) is 15.2. The van der Waals surface area contributed by atoms with Gasteiger partial charge in [-0.2, -0.15) is 0 Å². The molecule has 0 aromatic rings. The Morgan fingerprint density at radius 1 is 0.786 bits per heavy atom. The summed E-state index contributed by atoms with van der Waals surface area (Å²) in [6.45, 7) is 2.23. The fourth-order valence-electron chi connectivity index (χ4n) is 3.62. The Hall–Kier alpha value is -0.190. The lowest BCUT2D eigenvalue weighted by Crippen LogP contribution is -2.49. The van der Waals surface area contributed by atoms with Gasteiger partial charge in [-0.15, -0.1) is 0 Å². The highest BCUT2D eigenvalue weighted by atomic mass is 31.2. The van der Waals surface area contributed by atoms with Gasteiger partial charge in [0.15, 0.2) is 0 Å². The Labute approximate surface area is 174 Å². The molecule has 0 saturated carbocycles. The van der Waals surface area contributed by atoms with Crippen molar-refractivity contribution >= 4 is 7.60 Å². The van der Waals surface area contributed by atoms with Gasteiger partial charge in [0, 0.05) is 0 Å². The second-order valence-electron chi connectivity index (χ2n) is 9.28. The minimum atomic E-state index is -4.54. The molecule has 0 amide bonds. The predicted octanol–water partition coefficient (Wildman–Crippen LogP) is 5.60. The summed E-state index contributed by atoms with van der Waals surface area (Å²) in [7, 11) is 0.976. The summed E-state index contributed by atoms with van der Waals surface area (Å²) in [5.41, 5.74) is 0. The van der Waals surface area contributed by atoms with E-state index >= 15 is 0 Å². The lowest BCUT2D eigenvalue weighted by Gasteiger charge is -2.35. The van der Waals surface area contributed by atoms with Crippen LogP contribution in [0, 0.1) is 0 Å². The van der Waals surface area contributed by atoms with Gasteiger partial charge < -0.3 is 19.4 Å². The Bertz CT molecular complexity index is 456. The molecule has 5 nitrogen and oxygen atoms in total. The molecular weight excluding hydrogens is 373 g/mol. The van der Waals surface area contributed by atoms with Gasteiger partial charge in [0.1, 0.15) is 6.54 Å². The fourth-order valence-corrected chi connectivity index (χ4v) is 4.68. The Morgan fingerprint density at radius 2 is 1.21 bits per heavy atom. The number of aliphatic hydroxyl groups is 1. The fraction of sp³-hybridized carbons (Fsp3) is 0.909. The molecular formula is C22H47NO4P+. The summed E-state index contributed by atoms with van der Waals surface area (Å²) in [4.78, 5) is 19.1. The molecule has 0 spiro atoms. The van der Waals surface area contributed by atoms with E-state index in [4.69, 9.17) is 0 Å². The van der Waals surface area contributed by atoms with E-state index in [9.17, 15) is 19.5 Å². The van der Waals surface area contributed by atoms with E-state index in [0.29, 0.717) is 10.9 Å². The Morgan fingerprint density at radius 3 is 1.61 bits per heavy atom. The number of rotatable bonds is 18. The second-order valence-corrected chi connectivity index (χ2v) is 11.2. The third-order valence-corrected chi connectivity index (χ3v) is 6.57. The quantitative estimate of drug-likeness (QED) is 0.117. The van der Waals surface area contributed by atoms with Crippen LogP contribution < -0.4 is 0 Å². The van der Waals surface area contributed by atoms with Crippen LogP contribution in [0.3, 0.4) is 0 Å². The SMILES string of the molecule is CC/C=C\CCCCCCCCCCCCCC(O)(C[N+](C)(C)C)P(=O)(O)O. The first-order chi connectivity index (χ1) is 13.0. The number of allylic oxidation sites excluding steroid dienone is 2. The van der Waals surface area contributed by atoms with Gasteiger partial charge in [0.2, 0.25) is 5.34 Å². The summed E-state index contributed by atoms with van der Waals surface area (Å²) in [5.74, 6) is 0. The molecule has 0 aliphatic rings. The monoisotopic (exact) mass is 420 g/mol. The van der Waals surface area contributed by atoms with E-state index in [-0.39, 0.29) is 13.0 Å². The van der Waals surface area contributed by atoms with E-state index in [1.54, 1.807) is 0 Å². The summed E-state index contributed by atoms with van der Waals surface area (Å²) in [5, 5.41) is 8.60. The molecule has 28 heavy (non-hydrogen) atoms. The van der Waals surface area contributed by atoms with E-state index in [1.807, 2.05) is 21.1 Å². The maximum atomic E-state index is 11.7. The number of unbranched alkanes of at least 4 members (excludes halogenated alkanes) is 11.